The van der Waals surface area contributed by atoms with Gasteiger partial charge < -0.3 is 5.32 Å². The van der Waals surface area contributed by atoms with Crippen LogP contribution in [0.5, 0.6) is 0 Å². The number of nitrogens with one attached hydrogen (secondary N) is 1. The van der Waals surface area contributed by atoms with Gasteiger partial charge >= 0.3 is 0 Å². The van der Waals surface area contributed by atoms with Gasteiger partial charge in [0.05, 0.1) is 35.1 Å². The largest absolute Gasteiger partial charge is 0.354 e. The Balaban J connectivity index is 1.50. The van der Waals surface area contributed by atoms with E-state index in [2.05, 4.69) is 27.7 Å². The zero-order chi connectivity index (χ0) is 23.7. The zero-order valence-electron chi connectivity index (χ0n) is 18.5. The highest BCUT2D eigenvalue weighted by atomic mass is 32.2. The molecular formula is C25H21N7OS. The highest BCUT2D eigenvalue weighted by molar-refractivity contribution is 7.99. The molecule has 4 aromatic rings. The molecule has 3 heterocycles. The smallest absolute Gasteiger partial charge is 0.217 e. The van der Waals surface area contributed by atoms with Crippen LogP contribution >= 0.6 is 11.8 Å². The van der Waals surface area contributed by atoms with Crippen molar-refractivity contribution < 1.29 is 4.79 Å². The van der Waals surface area contributed by atoms with Crippen LogP contribution in [0.3, 0.4) is 0 Å². The molecule has 0 bridgehead atoms. The lowest BCUT2D eigenvalue weighted by molar-refractivity contribution is -0.119. The van der Waals surface area contributed by atoms with Gasteiger partial charge in [0.1, 0.15) is 12.1 Å². The molecule has 0 saturated heterocycles. The Morgan fingerprint density at radius 3 is 2.68 bits per heavy atom. The predicted octanol–water partition coefficient (Wildman–Crippen LogP) is 4.32. The van der Waals surface area contributed by atoms with E-state index in [9.17, 15) is 15.3 Å². The highest BCUT2D eigenvalue weighted by Crippen LogP contribution is 2.37. The second kappa shape index (κ2) is 9.05. The third-order valence-corrected chi connectivity index (χ3v) is 7.15. The molecule has 8 nitrogen and oxygen atoms in total. The molecule has 0 aliphatic heterocycles. The maximum absolute atomic E-state index is 11.4. The van der Waals surface area contributed by atoms with E-state index in [0.29, 0.717) is 16.6 Å². The first-order valence-electron chi connectivity index (χ1n) is 11.0. The molecule has 168 valence electrons. The molecule has 1 saturated carbocycles. The molecule has 34 heavy (non-hydrogen) atoms. The number of nitrogens with zero attached hydrogens (tertiary/aromatic N) is 6. The zero-order valence-corrected chi connectivity index (χ0v) is 19.3. The monoisotopic (exact) mass is 467 g/mol. The van der Waals surface area contributed by atoms with E-state index < -0.39 is 0 Å². The van der Waals surface area contributed by atoms with Crippen molar-refractivity contribution in [1.82, 2.24) is 24.7 Å². The number of rotatable bonds is 5. The van der Waals surface area contributed by atoms with Gasteiger partial charge in [0.25, 0.3) is 0 Å². The summed E-state index contributed by atoms with van der Waals surface area (Å²) in [5, 5.41) is 31.1. The van der Waals surface area contributed by atoms with Crippen molar-refractivity contribution in [2.24, 2.45) is 0 Å². The molecule has 3 aromatic heterocycles. The first kappa shape index (κ1) is 21.7. The molecule has 1 aliphatic carbocycles. The van der Waals surface area contributed by atoms with Crippen LogP contribution in [-0.2, 0) is 4.79 Å². The van der Waals surface area contributed by atoms with Crippen LogP contribution in [0.25, 0.3) is 16.6 Å². The molecule has 1 aromatic carbocycles. The quantitative estimate of drug-likeness (QED) is 0.468. The topological polar surface area (TPSA) is 112 Å². The molecule has 0 spiro atoms. The number of carbonyl (C=O) groups is 1. The fourth-order valence-corrected chi connectivity index (χ4v) is 5.56. The summed E-state index contributed by atoms with van der Waals surface area (Å²) in [5.74, 6) is -0.000862. The summed E-state index contributed by atoms with van der Waals surface area (Å²) in [6.07, 6.45) is 10.1. The minimum absolute atomic E-state index is 0.000862. The van der Waals surface area contributed by atoms with Crippen LogP contribution in [0.2, 0.25) is 0 Å². The minimum Gasteiger partial charge on any atom is -0.354 e. The van der Waals surface area contributed by atoms with Crippen molar-refractivity contribution in [2.45, 2.75) is 48.1 Å². The van der Waals surface area contributed by atoms with Gasteiger partial charge in [0.15, 0.2) is 0 Å². The lowest BCUT2D eigenvalue weighted by Gasteiger charge is -2.12. The Labute approximate surface area is 200 Å². The number of nitriles is 2. The molecule has 0 unspecified atom stereocenters. The molecule has 2 atom stereocenters. The second-order valence-electron chi connectivity index (χ2n) is 8.34. The van der Waals surface area contributed by atoms with Crippen molar-refractivity contribution in [2.75, 3.05) is 0 Å². The van der Waals surface area contributed by atoms with E-state index in [0.717, 1.165) is 40.2 Å². The Hall–Kier alpha value is -4.08. The van der Waals surface area contributed by atoms with Crippen LogP contribution in [-0.4, -0.2) is 31.3 Å². The van der Waals surface area contributed by atoms with E-state index in [4.69, 9.17) is 0 Å². The summed E-state index contributed by atoms with van der Waals surface area (Å²) in [7, 11) is 0. The van der Waals surface area contributed by atoms with E-state index >= 15 is 0 Å². The first-order chi connectivity index (χ1) is 16.6. The van der Waals surface area contributed by atoms with Crippen LogP contribution in [0.15, 0.2) is 64.9 Å². The number of aromatic nitrogens is 4. The van der Waals surface area contributed by atoms with Crippen molar-refractivity contribution in [3.05, 3.63) is 66.2 Å². The third kappa shape index (κ3) is 4.14. The number of carbonyl (C=O) groups excluding carboxylic acids is 1. The van der Waals surface area contributed by atoms with E-state index in [-0.39, 0.29) is 18.0 Å². The summed E-state index contributed by atoms with van der Waals surface area (Å²) >= 11 is 1.45. The fraction of sp³-hybridized carbons (Fsp3) is 0.240. The summed E-state index contributed by atoms with van der Waals surface area (Å²) in [4.78, 5) is 13.0. The molecule has 0 radical (unpaired) electrons. The highest BCUT2D eigenvalue weighted by Gasteiger charge is 2.27. The summed E-state index contributed by atoms with van der Waals surface area (Å²) in [6.45, 7) is 1.55. The van der Waals surface area contributed by atoms with E-state index in [1.54, 1.807) is 23.7 Å². The van der Waals surface area contributed by atoms with Gasteiger partial charge in [-0.25, -0.2) is 4.52 Å². The Kier molecular flexibility index (Phi) is 5.79. The van der Waals surface area contributed by atoms with Crippen LogP contribution in [0.4, 0.5) is 0 Å². The standard InChI is InChI=1S/C25H21N7OS/c1-16(33)30-21-6-7-22(9-21)31-15-20(13-28-31)18-8-24(25-19(11-27)12-29-32(25)14-18)34-23-5-3-2-4-17(23)10-26/h2-5,8,12-15,21-22H,6-7,9H2,1H3,(H,30,33)/t21-,22-/m0/s1. The first-order valence-corrected chi connectivity index (χ1v) is 11.8. The van der Waals surface area contributed by atoms with Crippen molar-refractivity contribution >= 4 is 23.2 Å². The van der Waals surface area contributed by atoms with Gasteiger partial charge in [-0.2, -0.15) is 20.7 Å². The third-order valence-electron chi connectivity index (χ3n) is 6.05. The van der Waals surface area contributed by atoms with Crippen molar-refractivity contribution in [1.29, 1.82) is 10.5 Å². The summed E-state index contributed by atoms with van der Waals surface area (Å²) in [5.41, 5.74) is 3.63. The SMILES string of the molecule is CC(=O)N[C@H]1CC[C@H](n2cc(-c3cc(Sc4ccccc4C#N)c4c(C#N)cnn4c3)cn2)C1. The number of benzene rings is 1. The maximum atomic E-state index is 11.4. The summed E-state index contributed by atoms with van der Waals surface area (Å²) < 4.78 is 3.69. The van der Waals surface area contributed by atoms with Gasteiger partial charge in [-0.3, -0.25) is 9.48 Å². The number of pyridine rings is 1. The van der Waals surface area contributed by atoms with Crippen molar-refractivity contribution in [3.8, 4) is 23.3 Å². The molecule has 1 N–H and O–H groups in total. The van der Waals surface area contributed by atoms with Crippen molar-refractivity contribution in [3.63, 3.8) is 0 Å². The maximum Gasteiger partial charge on any atom is 0.217 e. The Morgan fingerprint density at radius 2 is 1.88 bits per heavy atom. The van der Waals surface area contributed by atoms with E-state index in [1.807, 2.05) is 47.5 Å². The lowest BCUT2D eigenvalue weighted by Crippen LogP contribution is -2.30. The van der Waals surface area contributed by atoms with E-state index in [1.165, 1.54) is 11.8 Å². The predicted molar refractivity (Wildman–Crippen MR) is 127 cm³/mol. The van der Waals surface area contributed by atoms with Crippen LogP contribution in [0, 0.1) is 22.7 Å². The normalized spacial score (nSPS) is 17.4. The molecule has 9 heteroatoms. The van der Waals surface area contributed by atoms with Gasteiger partial charge in [-0.05, 0) is 37.5 Å². The second-order valence-corrected chi connectivity index (χ2v) is 9.42. The summed E-state index contributed by atoms with van der Waals surface area (Å²) in [6, 6.07) is 14.3. The lowest BCUT2D eigenvalue weighted by atomic mass is 10.1. The van der Waals surface area contributed by atoms with Gasteiger partial charge in [-0.15, -0.1) is 0 Å². The molecule has 5 rings (SSSR count). The molecule has 1 fully saturated rings. The molecular weight excluding hydrogens is 446 g/mol. The van der Waals surface area contributed by atoms with Crippen LogP contribution < -0.4 is 5.32 Å². The number of amides is 1. The Morgan fingerprint density at radius 1 is 1.06 bits per heavy atom. The average Bonchev–Trinajstić information content (AvgIpc) is 3.58. The Bertz CT molecular complexity index is 1470. The minimum atomic E-state index is -0.000862. The number of hydrogen-bond acceptors (Lipinski definition) is 6. The average molecular weight is 468 g/mol. The molecule has 1 aliphatic rings. The van der Waals surface area contributed by atoms with Gasteiger partial charge in [0, 0.05) is 46.3 Å². The van der Waals surface area contributed by atoms with Gasteiger partial charge in [-0.1, -0.05) is 23.9 Å². The van der Waals surface area contributed by atoms with Gasteiger partial charge in [0.2, 0.25) is 5.91 Å². The van der Waals surface area contributed by atoms with Crippen LogP contribution in [0.1, 0.15) is 43.4 Å². The number of hydrogen-bond donors (Lipinski definition) is 1. The fourth-order valence-electron chi connectivity index (χ4n) is 4.47. The molecule has 1 amide bonds. The number of fused-ring (bicyclic) bond motifs is 1.